The van der Waals surface area contributed by atoms with Gasteiger partial charge in [0, 0.05) is 30.8 Å². The molecule has 0 spiro atoms. The average Bonchev–Trinajstić information content (AvgIpc) is 3.02. The topological polar surface area (TPSA) is 113 Å². The fourth-order valence-electron chi connectivity index (χ4n) is 3.66. The number of non-ortho nitro benzene ring substituents is 1. The van der Waals surface area contributed by atoms with Gasteiger partial charge in [-0.15, -0.1) is 0 Å². The largest absolute Gasteiger partial charge is 0.507 e. The summed E-state index contributed by atoms with van der Waals surface area (Å²) in [6.07, 6.45) is -0.0198. The Morgan fingerprint density at radius 1 is 1.12 bits per heavy atom. The molecule has 1 aliphatic rings. The number of nitro benzene ring substituents is 1. The highest BCUT2D eigenvalue weighted by Gasteiger charge is 2.46. The Morgan fingerprint density at radius 3 is 2.24 bits per heavy atom. The first kappa shape index (κ1) is 23.9. The lowest BCUT2D eigenvalue weighted by molar-refractivity contribution is -0.384. The van der Waals surface area contributed by atoms with E-state index in [1.54, 1.807) is 24.3 Å². The molecule has 1 amide bonds. The molecule has 1 aliphatic heterocycles. The maximum Gasteiger partial charge on any atom is 0.295 e. The number of aliphatic hydroxyl groups excluding tert-OH is 1. The number of nitrogens with zero attached hydrogens (tertiary/aromatic N) is 3. The Labute approximate surface area is 192 Å². The van der Waals surface area contributed by atoms with Crippen LogP contribution in [-0.4, -0.2) is 64.8 Å². The van der Waals surface area contributed by atoms with Crippen molar-refractivity contribution in [1.29, 1.82) is 0 Å². The molecular formula is C24H27N3O6. The standard InChI is InChI=1S/C24H27N3O6/c1-15(2)33-19-11-7-17(8-12-19)22(28)20-21(16-5-9-18(10-6-16)27(31)32)26(14-13-25(3)4)24(30)23(20)29/h5-12,15,21,28H,13-14H2,1-4H3. The molecule has 9 heteroatoms. The van der Waals surface area contributed by atoms with Gasteiger partial charge in [0.25, 0.3) is 17.4 Å². The number of amides is 1. The van der Waals surface area contributed by atoms with Crippen LogP contribution >= 0.6 is 0 Å². The van der Waals surface area contributed by atoms with Crippen LogP contribution in [0.5, 0.6) is 5.75 Å². The molecule has 9 nitrogen and oxygen atoms in total. The molecule has 0 aromatic heterocycles. The molecule has 1 atom stereocenters. The molecule has 1 saturated heterocycles. The maximum atomic E-state index is 13.0. The summed E-state index contributed by atoms with van der Waals surface area (Å²) in [4.78, 5) is 39.7. The average molecular weight is 453 g/mol. The second-order valence-electron chi connectivity index (χ2n) is 8.34. The van der Waals surface area contributed by atoms with Crippen molar-refractivity contribution in [2.75, 3.05) is 27.2 Å². The van der Waals surface area contributed by atoms with Crippen molar-refractivity contribution in [2.45, 2.75) is 26.0 Å². The van der Waals surface area contributed by atoms with Crippen LogP contribution < -0.4 is 4.74 Å². The Balaban J connectivity index is 2.08. The van der Waals surface area contributed by atoms with Crippen molar-refractivity contribution < 1.29 is 24.4 Å². The first-order chi connectivity index (χ1) is 15.6. The third kappa shape index (κ3) is 5.20. The van der Waals surface area contributed by atoms with Crippen LogP contribution in [0.2, 0.25) is 0 Å². The zero-order chi connectivity index (χ0) is 24.3. The van der Waals surface area contributed by atoms with Crippen molar-refractivity contribution >= 4 is 23.1 Å². The van der Waals surface area contributed by atoms with Gasteiger partial charge in [-0.3, -0.25) is 19.7 Å². The van der Waals surface area contributed by atoms with Crippen LogP contribution in [0.25, 0.3) is 5.76 Å². The number of carbonyl (C=O) groups excluding carboxylic acids is 2. The summed E-state index contributed by atoms with van der Waals surface area (Å²) in [5, 5.41) is 22.1. The van der Waals surface area contributed by atoms with E-state index in [0.29, 0.717) is 23.4 Å². The fourth-order valence-corrected chi connectivity index (χ4v) is 3.66. The van der Waals surface area contributed by atoms with Crippen LogP contribution in [0.15, 0.2) is 54.1 Å². The van der Waals surface area contributed by atoms with E-state index in [-0.39, 0.29) is 29.7 Å². The minimum absolute atomic E-state index is 0.0198. The van der Waals surface area contributed by atoms with Crippen LogP contribution in [0.3, 0.4) is 0 Å². The molecule has 2 aromatic rings. The normalized spacial score (nSPS) is 17.8. The summed E-state index contributed by atoms with van der Waals surface area (Å²) in [6, 6.07) is 11.4. The Bertz CT molecular complexity index is 1070. The van der Waals surface area contributed by atoms with E-state index in [1.807, 2.05) is 32.8 Å². The first-order valence-electron chi connectivity index (χ1n) is 10.5. The van der Waals surface area contributed by atoms with E-state index in [4.69, 9.17) is 4.74 Å². The number of hydrogen-bond donors (Lipinski definition) is 1. The third-order valence-electron chi connectivity index (χ3n) is 5.25. The van der Waals surface area contributed by atoms with Gasteiger partial charge in [-0.25, -0.2) is 0 Å². The first-order valence-corrected chi connectivity index (χ1v) is 10.5. The molecule has 1 heterocycles. The summed E-state index contributed by atoms with van der Waals surface area (Å²) in [5.74, 6) is -1.21. The van der Waals surface area contributed by atoms with Crippen LogP contribution in [0.1, 0.15) is 31.0 Å². The highest BCUT2D eigenvalue weighted by atomic mass is 16.6. The molecular weight excluding hydrogens is 426 g/mol. The second kappa shape index (κ2) is 9.83. The van der Waals surface area contributed by atoms with Crippen molar-refractivity contribution in [1.82, 2.24) is 9.80 Å². The highest BCUT2D eigenvalue weighted by Crippen LogP contribution is 2.39. The Hall–Kier alpha value is -3.72. The lowest BCUT2D eigenvalue weighted by Crippen LogP contribution is -2.35. The highest BCUT2D eigenvalue weighted by molar-refractivity contribution is 6.46. The van der Waals surface area contributed by atoms with Crippen LogP contribution in [0.4, 0.5) is 5.69 Å². The predicted molar refractivity (Wildman–Crippen MR) is 123 cm³/mol. The van der Waals surface area contributed by atoms with Gasteiger partial charge in [0.1, 0.15) is 11.5 Å². The number of aliphatic hydroxyl groups is 1. The van der Waals surface area contributed by atoms with Crippen molar-refractivity contribution in [3.05, 3.63) is 75.3 Å². The summed E-state index contributed by atoms with van der Waals surface area (Å²) in [7, 11) is 3.69. The quantitative estimate of drug-likeness (QED) is 0.214. The van der Waals surface area contributed by atoms with Gasteiger partial charge in [-0.1, -0.05) is 0 Å². The number of nitro groups is 1. The number of rotatable bonds is 8. The van der Waals surface area contributed by atoms with Gasteiger partial charge in [0.05, 0.1) is 22.6 Å². The van der Waals surface area contributed by atoms with Gasteiger partial charge < -0.3 is 19.6 Å². The molecule has 0 radical (unpaired) electrons. The number of likely N-dealkylation sites (tertiary alicyclic amines) is 1. The molecule has 33 heavy (non-hydrogen) atoms. The molecule has 0 saturated carbocycles. The van der Waals surface area contributed by atoms with Crippen molar-refractivity contribution in [2.24, 2.45) is 0 Å². The van der Waals surface area contributed by atoms with E-state index < -0.39 is 22.7 Å². The molecule has 0 aliphatic carbocycles. The van der Waals surface area contributed by atoms with Crippen LogP contribution in [0, 0.1) is 10.1 Å². The number of carbonyl (C=O) groups is 2. The summed E-state index contributed by atoms with van der Waals surface area (Å²) < 4.78 is 5.62. The monoisotopic (exact) mass is 453 g/mol. The second-order valence-corrected chi connectivity index (χ2v) is 8.34. The zero-order valence-electron chi connectivity index (χ0n) is 19.0. The molecule has 1 unspecified atom stereocenters. The van der Waals surface area contributed by atoms with Gasteiger partial charge >= 0.3 is 0 Å². The smallest absolute Gasteiger partial charge is 0.295 e. The number of Topliss-reactive ketones (excluding diaryl/α,β-unsaturated/α-hetero) is 1. The fraction of sp³-hybridized carbons (Fsp3) is 0.333. The lowest BCUT2D eigenvalue weighted by atomic mass is 9.95. The maximum absolute atomic E-state index is 13.0. The molecule has 3 rings (SSSR count). The number of ether oxygens (including phenoxy) is 1. The minimum Gasteiger partial charge on any atom is -0.507 e. The SMILES string of the molecule is CC(C)Oc1ccc(C(O)=C2C(=O)C(=O)N(CCN(C)C)C2c2ccc([N+](=O)[O-])cc2)cc1. The molecule has 1 fully saturated rings. The number of ketones is 1. The van der Waals surface area contributed by atoms with E-state index >= 15 is 0 Å². The third-order valence-corrected chi connectivity index (χ3v) is 5.25. The Morgan fingerprint density at radius 2 is 1.73 bits per heavy atom. The van der Waals surface area contributed by atoms with E-state index in [0.717, 1.165) is 0 Å². The lowest BCUT2D eigenvalue weighted by Gasteiger charge is -2.26. The van der Waals surface area contributed by atoms with E-state index in [1.165, 1.54) is 29.2 Å². The van der Waals surface area contributed by atoms with Gasteiger partial charge in [0.2, 0.25) is 0 Å². The number of benzene rings is 2. The number of hydrogen-bond acceptors (Lipinski definition) is 7. The molecule has 0 bridgehead atoms. The molecule has 1 N–H and O–H groups in total. The van der Waals surface area contributed by atoms with Crippen LogP contribution in [-0.2, 0) is 9.59 Å². The summed E-state index contributed by atoms with van der Waals surface area (Å²) in [5.41, 5.74) is 0.707. The van der Waals surface area contributed by atoms with Crippen molar-refractivity contribution in [3.63, 3.8) is 0 Å². The van der Waals surface area contributed by atoms with Gasteiger partial charge in [-0.2, -0.15) is 0 Å². The van der Waals surface area contributed by atoms with E-state index in [2.05, 4.69) is 0 Å². The van der Waals surface area contributed by atoms with E-state index in [9.17, 15) is 24.8 Å². The Kier molecular flexibility index (Phi) is 7.13. The van der Waals surface area contributed by atoms with Crippen molar-refractivity contribution in [3.8, 4) is 5.75 Å². The minimum atomic E-state index is -0.864. The van der Waals surface area contributed by atoms with Gasteiger partial charge in [0.15, 0.2) is 0 Å². The summed E-state index contributed by atoms with van der Waals surface area (Å²) >= 11 is 0. The van der Waals surface area contributed by atoms with Gasteiger partial charge in [-0.05, 0) is 69.9 Å². The predicted octanol–water partition coefficient (Wildman–Crippen LogP) is 3.37. The molecule has 2 aromatic carbocycles. The number of likely N-dealkylation sites (N-methyl/N-ethyl adjacent to an activating group) is 1. The summed E-state index contributed by atoms with van der Waals surface area (Å²) in [6.45, 7) is 4.54. The zero-order valence-corrected chi connectivity index (χ0v) is 19.0. The molecule has 174 valence electrons.